The molecule has 0 aliphatic heterocycles. The van der Waals surface area contributed by atoms with Gasteiger partial charge in [-0.2, -0.15) is 0 Å². The Morgan fingerprint density at radius 1 is 1.35 bits per heavy atom. The number of hydrogen-bond donors (Lipinski definition) is 2. The molecular formula is C16H16BrFN2O3. The Morgan fingerprint density at radius 3 is 2.61 bits per heavy atom. The van der Waals surface area contributed by atoms with Crippen molar-refractivity contribution in [1.29, 1.82) is 0 Å². The summed E-state index contributed by atoms with van der Waals surface area (Å²) in [6.07, 6.45) is 1.40. The lowest BCUT2D eigenvalue weighted by molar-refractivity contribution is -0.136. The maximum atomic E-state index is 13.8. The maximum Gasteiger partial charge on any atom is 0.307 e. The molecule has 0 saturated carbocycles. The van der Waals surface area contributed by atoms with Crippen LogP contribution < -0.4 is 5.32 Å². The Kier molecular flexibility index (Phi) is 5.20. The summed E-state index contributed by atoms with van der Waals surface area (Å²) in [4.78, 5) is 23.0. The lowest BCUT2D eigenvalue weighted by Crippen LogP contribution is -2.18. The summed E-state index contributed by atoms with van der Waals surface area (Å²) in [5.74, 6) is -2.14. The van der Waals surface area contributed by atoms with Crippen molar-refractivity contribution in [1.82, 2.24) is 4.57 Å². The minimum atomic E-state index is -1.11. The van der Waals surface area contributed by atoms with Gasteiger partial charge in [0.25, 0.3) is 5.91 Å². The highest BCUT2D eigenvalue weighted by Crippen LogP contribution is 2.21. The summed E-state index contributed by atoms with van der Waals surface area (Å²) in [6, 6.07) is 5.74. The van der Waals surface area contributed by atoms with E-state index in [0.29, 0.717) is 5.69 Å². The van der Waals surface area contributed by atoms with Crippen LogP contribution in [0.1, 0.15) is 35.9 Å². The Morgan fingerprint density at radius 2 is 2.04 bits per heavy atom. The van der Waals surface area contributed by atoms with Gasteiger partial charge >= 0.3 is 5.97 Å². The maximum absolute atomic E-state index is 13.8. The van der Waals surface area contributed by atoms with Crippen molar-refractivity contribution in [2.24, 2.45) is 0 Å². The number of amides is 1. The standard InChI is InChI=1S/C16H16BrFN2O3/c1-9(2)20-8-11(17)6-14(20)16(23)19-12-4-3-10(5-15(21)22)13(18)7-12/h3-4,6-9H,5H2,1-2H3,(H,19,23)(H,21,22). The summed E-state index contributed by atoms with van der Waals surface area (Å²) in [5.41, 5.74) is 0.792. The van der Waals surface area contributed by atoms with Gasteiger partial charge in [-0.25, -0.2) is 4.39 Å². The van der Waals surface area contributed by atoms with Gasteiger partial charge in [-0.1, -0.05) is 6.07 Å². The van der Waals surface area contributed by atoms with Crippen molar-refractivity contribution in [3.8, 4) is 0 Å². The zero-order valence-corrected chi connectivity index (χ0v) is 14.2. The zero-order valence-electron chi connectivity index (χ0n) is 12.6. The molecule has 0 atom stereocenters. The van der Waals surface area contributed by atoms with Gasteiger partial charge in [-0.05, 0) is 53.5 Å². The predicted octanol–water partition coefficient (Wildman–Crippen LogP) is 3.85. The number of carbonyl (C=O) groups is 2. The molecule has 0 saturated heterocycles. The van der Waals surface area contributed by atoms with Crippen LogP contribution in [0.3, 0.4) is 0 Å². The van der Waals surface area contributed by atoms with Crippen molar-refractivity contribution in [2.75, 3.05) is 5.32 Å². The summed E-state index contributed by atoms with van der Waals surface area (Å²) in [6.45, 7) is 3.90. The van der Waals surface area contributed by atoms with Gasteiger partial charge < -0.3 is 15.0 Å². The van der Waals surface area contributed by atoms with Gasteiger partial charge in [0.2, 0.25) is 0 Å². The molecule has 23 heavy (non-hydrogen) atoms. The fraction of sp³-hybridized carbons (Fsp3) is 0.250. The highest BCUT2D eigenvalue weighted by Gasteiger charge is 2.16. The van der Waals surface area contributed by atoms with Crippen molar-refractivity contribution in [3.63, 3.8) is 0 Å². The number of carbonyl (C=O) groups excluding carboxylic acids is 1. The lowest BCUT2D eigenvalue weighted by atomic mass is 10.1. The number of halogens is 2. The summed E-state index contributed by atoms with van der Waals surface area (Å²) in [5, 5.41) is 11.3. The van der Waals surface area contributed by atoms with Crippen molar-refractivity contribution in [2.45, 2.75) is 26.3 Å². The first-order chi connectivity index (χ1) is 10.8. The van der Waals surface area contributed by atoms with E-state index in [-0.39, 0.29) is 23.2 Å². The molecule has 1 aromatic heterocycles. The summed E-state index contributed by atoms with van der Waals surface area (Å²) >= 11 is 3.33. The van der Waals surface area contributed by atoms with Crippen LogP contribution in [0.15, 0.2) is 34.9 Å². The van der Waals surface area contributed by atoms with E-state index in [9.17, 15) is 14.0 Å². The second kappa shape index (κ2) is 6.95. The Bertz CT molecular complexity index is 756. The van der Waals surface area contributed by atoms with Crippen LogP contribution in [-0.4, -0.2) is 21.6 Å². The van der Waals surface area contributed by atoms with E-state index in [1.54, 1.807) is 16.8 Å². The average molecular weight is 383 g/mol. The largest absolute Gasteiger partial charge is 0.481 e. The van der Waals surface area contributed by atoms with E-state index in [4.69, 9.17) is 5.11 Å². The first-order valence-electron chi connectivity index (χ1n) is 6.97. The summed E-state index contributed by atoms with van der Waals surface area (Å²) in [7, 11) is 0. The zero-order chi connectivity index (χ0) is 17.1. The van der Waals surface area contributed by atoms with Gasteiger partial charge in [0.05, 0.1) is 6.42 Å². The van der Waals surface area contributed by atoms with Crippen LogP contribution in [0.5, 0.6) is 0 Å². The number of aliphatic carboxylic acids is 1. The van der Waals surface area contributed by atoms with Gasteiger partial charge in [0.1, 0.15) is 11.5 Å². The van der Waals surface area contributed by atoms with Crippen LogP contribution in [0.25, 0.3) is 0 Å². The molecule has 1 aromatic carbocycles. The third-order valence-corrected chi connectivity index (χ3v) is 3.69. The van der Waals surface area contributed by atoms with Crippen molar-refractivity contribution >= 4 is 33.5 Å². The highest BCUT2D eigenvalue weighted by atomic mass is 79.9. The second-order valence-electron chi connectivity index (χ2n) is 5.38. The van der Waals surface area contributed by atoms with E-state index in [1.165, 1.54) is 12.1 Å². The topological polar surface area (TPSA) is 71.3 Å². The molecule has 5 nitrogen and oxygen atoms in total. The summed E-state index contributed by atoms with van der Waals surface area (Å²) < 4.78 is 16.4. The van der Waals surface area contributed by atoms with Crippen LogP contribution in [-0.2, 0) is 11.2 Å². The molecule has 2 N–H and O–H groups in total. The molecule has 0 unspecified atom stereocenters. The van der Waals surface area contributed by atoms with Crippen LogP contribution in [0.2, 0.25) is 0 Å². The van der Waals surface area contributed by atoms with Crippen LogP contribution in [0.4, 0.5) is 10.1 Å². The average Bonchev–Trinajstić information content (AvgIpc) is 2.84. The number of carboxylic acid groups (broad SMARTS) is 1. The molecule has 0 aliphatic carbocycles. The van der Waals surface area contributed by atoms with Crippen LogP contribution in [0, 0.1) is 5.82 Å². The molecule has 1 amide bonds. The van der Waals surface area contributed by atoms with Crippen LogP contribution >= 0.6 is 15.9 Å². The molecule has 0 spiro atoms. The number of nitrogens with one attached hydrogen (secondary N) is 1. The van der Waals surface area contributed by atoms with Gasteiger partial charge in [0.15, 0.2) is 0 Å². The monoisotopic (exact) mass is 382 g/mol. The van der Waals surface area contributed by atoms with E-state index in [1.807, 2.05) is 13.8 Å². The quantitative estimate of drug-likeness (QED) is 0.824. The predicted molar refractivity (Wildman–Crippen MR) is 88.2 cm³/mol. The molecule has 0 bridgehead atoms. The van der Waals surface area contributed by atoms with E-state index < -0.39 is 18.2 Å². The normalized spacial score (nSPS) is 10.8. The van der Waals surface area contributed by atoms with Crippen molar-refractivity contribution in [3.05, 3.63) is 52.0 Å². The second-order valence-corrected chi connectivity index (χ2v) is 6.29. The molecule has 1 heterocycles. The van der Waals surface area contributed by atoms with E-state index >= 15 is 0 Å². The van der Waals surface area contributed by atoms with Gasteiger partial charge in [-0.15, -0.1) is 0 Å². The number of aromatic nitrogens is 1. The molecule has 7 heteroatoms. The van der Waals surface area contributed by atoms with Crippen molar-refractivity contribution < 1.29 is 19.1 Å². The third-order valence-electron chi connectivity index (χ3n) is 3.26. The molecular weight excluding hydrogens is 367 g/mol. The van der Waals surface area contributed by atoms with E-state index in [2.05, 4.69) is 21.2 Å². The minimum absolute atomic E-state index is 0.0730. The number of benzene rings is 1. The molecule has 0 radical (unpaired) electrons. The minimum Gasteiger partial charge on any atom is -0.481 e. The molecule has 2 aromatic rings. The first kappa shape index (κ1) is 17.2. The third kappa shape index (κ3) is 4.19. The Hall–Kier alpha value is -2.15. The fourth-order valence-corrected chi connectivity index (χ4v) is 2.62. The van der Waals surface area contributed by atoms with Gasteiger partial charge in [-0.3, -0.25) is 9.59 Å². The highest BCUT2D eigenvalue weighted by molar-refractivity contribution is 9.10. The molecule has 0 fully saturated rings. The molecule has 2 rings (SSSR count). The van der Waals surface area contributed by atoms with Gasteiger partial charge in [0, 0.05) is 22.4 Å². The SMILES string of the molecule is CC(C)n1cc(Br)cc1C(=O)Nc1ccc(CC(=O)O)c(F)c1. The first-order valence-corrected chi connectivity index (χ1v) is 7.76. The fourth-order valence-electron chi connectivity index (χ4n) is 2.18. The number of carboxylic acids is 1. The molecule has 0 aliphatic rings. The number of rotatable bonds is 5. The number of anilines is 1. The Labute approximate surface area is 141 Å². The Balaban J connectivity index is 2.21. The number of nitrogens with zero attached hydrogens (tertiary/aromatic N) is 1. The molecule has 122 valence electrons. The lowest BCUT2D eigenvalue weighted by Gasteiger charge is -2.13. The number of hydrogen-bond acceptors (Lipinski definition) is 2. The smallest absolute Gasteiger partial charge is 0.307 e. The van der Waals surface area contributed by atoms with E-state index in [0.717, 1.165) is 10.5 Å².